The molecule has 0 spiro atoms. The Kier molecular flexibility index (Phi) is 4.44. The number of hydrogen-bond acceptors (Lipinski definition) is 3. The van der Waals surface area contributed by atoms with Gasteiger partial charge < -0.3 is 15.4 Å². The topological polar surface area (TPSA) is 46.2 Å². The predicted molar refractivity (Wildman–Crippen MR) is 77.8 cm³/mol. The Labute approximate surface area is 111 Å². The smallest absolute Gasteiger partial charge is 0.170 e. The second-order valence-electron chi connectivity index (χ2n) is 3.75. The second-order valence-corrected chi connectivity index (χ2v) is 4.16. The van der Waals surface area contributed by atoms with Crippen molar-refractivity contribution < 1.29 is 4.74 Å². The number of benzene rings is 1. The van der Waals surface area contributed by atoms with Gasteiger partial charge in [-0.05, 0) is 36.5 Å². The molecule has 2 aromatic rings. The highest BCUT2D eigenvalue weighted by Gasteiger charge is 2.02. The zero-order valence-electron chi connectivity index (χ0n) is 10.1. The first kappa shape index (κ1) is 12.7. The van der Waals surface area contributed by atoms with Crippen LogP contribution in [0, 0.1) is 0 Å². The lowest BCUT2D eigenvalue weighted by atomic mass is 10.2. The first-order valence-corrected chi connectivity index (χ1v) is 6.09. The Bertz CT molecular complexity index is 539. The van der Waals surface area contributed by atoms with Crippen LogP contribution in [0.1, 0.15) is 0 Å². The maximum absolute atomic E-state index is 5.21. The fourth-order valence-corrected chi connectivity index (χ4v) is 1.86. The highest BCUT2D eigenvalue weighted by atomic mass is 32.1. The van der Waals surface area contributed by atoms with E-state index in [2.05, 4.69) is 15.6 Å². The van der Waals surface area contributed by atoms with Gasteiger partial charge in [0.05, 0.1) is 12.1 Å². The zero-order valence-corrected chi connectivity index (χ0v) is 11.0. The molecule has 18 heavy (non-hydrogen) atoms. The van der Waals surface area contributed by atoms with E-state index in [1.807, 2.05) is 30.3 Å². The fourth-order valence-electron chi connectivity index (χ4n) is 1.65. The molecule has 0 amide bonds. The van der Waals surface area contributed by atoms with Gasteiger partial charge in [0.2, 0.25) is 0 Å². The molecule has 0 aliphatic carbocycles. The minimum atomic E-state index is 0.586. The van der Waals surface area contributed by atoms with E-state index in [1.165, 1.54) is 0 Å². The van der Waals surface area contributed by atoms with Crippen molar-refractivity contribution in [1.29, 1.82) is 0 Å². The molecule has 2 N–H and O–H groups in total. The number of nitrogens with zero attached hydrogens (tertiary/aromatic N) is 1. The van der Waals surface area contributed by atoms with Crippen molar-refractivity contribution in [3.63, 3.8) is 0 Å². The van der Waals surface area contributed by atoms with Crippen LogP contribution in [0.4, 0.5) is 5.69 Å². The van der Waals surface area contributed by atoms with E-state index in [-0.39, 0.29) is 0 Å². The molecule has 4 nitrogen and oxygen atoms in total. The first-order valence-electron chi connectivity index (χ1n) is 5.69. The van der Waals surface area contributed by atoms with Crippen LogP contribution in [-0.2, 0) is 4.74 Å². The van der Waals surface area contributed by atoms with Crippen LogP contribution >= 0.6 is 12.2 Å². The number of hydrogen-bond donors (Lipinski definition) is 2. The van der Waals surface area contributed by atoms with Crippen molar-refractivity contribution in [3.05, 3.63) is 36.5 Å². The summed E-state index contributed by atoms with van der Waals surface area (Å²) >= 11 is 5.21. The highest BCUT2D eigenvalue weighted by molar-refractivity contribution is 7.80. The molecule has 0 unspecified atom stereocenters. The van der Waals surface area contributed by atoms with E-state index in [4.69, 9.17) is 17.0 Å². The summed E-state index contributed by atoms with van der Waals surface area (Å²) in [5.41, 5.74) is 1.90. The largest absolute Gasteiger partial charge is 0.383 e. The number of thiocarbonyl (C=S) groups is 1. The molecular weight excluding hydrogens is 246 g/mol. The second kappa shape index (κ2) is 6.28. The van der Waals surface area contributed by atoms with Crippen molar-refractivity contribution in [2.45, 2.75) is 0 Å². The standard InChI is InChI=1S/C13H15N3OS/c1-17-9-8-15-13(18)16-12-6-2-5-11-10(12)4-3-7-14-11/h2-7H,8-9H2,1H3,(H2,15,16,18). The lowest BCUT2D eigenvalue weighted by Gasteiger charge is -2.11. The summed E-state index contributed by atoms with van der Waals surface area (Å²) in [6.45, 7) is 1.31. The van der Waals surface area contributed by atoms with Gasteiger partial charge in [-0.1, -0.05) is 6.07 Å². The Morgan fingerprint density at radius 1 is 1.33 bits per heavy atom. The maximum atomic E-state index is 5.21. The molecule has 94 valence electrons. The van der Waals surface area contributed by atoms with Crippen molar-refractivity contribution in [1.82, 2.24) is 10.3 Å². The van der Waals surface area contributed by atoms with Crippen LogP contribution in [0.5, 0.6) is 0 Å². The monoisotopic (exact) mass is 261 g/mol. The van der Waals surface area contributed by atoms with Gasteiger partial charge >= 0.3 is 0 Å². The molecule has 0 saturated carbocycles. The van der Waals surface area contributed by atoms with Crippen LogP contribution in [-0.4, -0.2) is 30.4 Å². The zero-order chi connectivity index (χ0) is 12.8. The van der Waals surface area contributed by atoms with Gasteiger partial charge in [-0.15, -0.1) is 0 Å². The number of pyridine rings is 1. The minimum Gasteiger partial charge on any atom is -0.383 e. The number of aromatic nitrogens is 1. The quantitative estimate of drug-likeness (QED) is 0.652. The molecule has 0 fully saturated rings. The third-order valence-electron chi connectivity index (χ3n) is 2.49. The Hall–Kier alpha value is -1.72. The van der Waals surface area contributed by atoms with Crippen LogP contribution < -0.4 is 10.6 Å². The molecule has 0 radical (unpaired) electrons. The van der Waals surface area contributed by atoms with Crippen molar-refractivity contribution in [2.75, 3.05) is 25.6 Å². The Morgan fingerprint density at radius 3 is 3.06 bits per heavy atom. The van der Waals surface area contributed by atoms with Gasteiger partial charge in [-0.25, -0.2) is 0 Å². The van der Waals surface area contributed by atoms with Crippen LogP contribution in [0.25, 0.3) is 10.9 Å². The van der Waals surface area contributed by atoms with Crippen molar-refractivity contribution in [3.8, 4) is 0 Å². The van der Waals surface area contributed by atoms with Gasteiger partial charge in [-0.2, -0.15) is 0 Å². The lowest BCUT2D eigenvalue weighted by Crippen LogP contribution is -2.31. The summed E-state index contributed by atoms with van der Waals surface area (Å²) in [7, 11) is 1.66. The number of methoxy groups -OCH3 is 1. The summed E-state index contributed by atoms with van der Waals surface area (Å²) in [6, 6.07) is 9.84. The normalized spacial score (nSPS) is 10.3. The number of anilines is 1. The predicted octanol–water partition coefficient (Wildman–Crippen LogP) is 2.17. The molecule has 0 saturated heterocycles. The first-order chi connectivity index (χ1) is 8.81. The van der Waals surface area contributed by atoms with Crippen molar-refractivity contribution >= 4 is 33.9 Å². The number of fused-ring (bicyclic) bond motifs is 1. The van der Waals surface area contributed by atoms with Gasteiger partial charge in [0.15, 0.2) is 5.11 Å². The molecule has 2 rings (SSSR count). The average Bonchev–Trinajstić information content (AvgIpc) is 2.39. The molecular formula is C13H15N3OS. The van der Waals surface area contributed by atoms with Gasteiger partial charge in [0, 0.05) is 30.9 Å². The molecule has 1 aromatic heterocycles. The molecule has 0 aliphatic rings. The summed E-state index contributed by atoms with van der Waals surface area (Å²) in [4.78, 5) is 4.30. The third-order valence-corrected chi connectivity index (χ3v) is 2.73. The fraction of sp³-hybridized carbons (Fsp3) is 0.231. The van der Waals surface area contributed by atoms with Crippen LogP contribution in [0.3, 0.4) is 0 Å². The van der Waals surface area contributed by atoms with E-state index >= 15 is 0 Å². The lowest BCUT2D eigenvalue weighted by molar-refractivity contribution is 0.204. The van der Waals surface area contributed by atoms with Crippen LogP contribution in [0.2, 0.25) is 0 Å². The summed E-state index contributed by atoms with van der Waals surface area (Å²) in [5.74, 6) is 0. The van der Waals surface area contributed by atoms with Crippen molar-refractivity contribution in [2.24, 2.45) is 0 Å². The van der Waals surface area contributed by atoms with Gasteiger partial charge in [0.25, 0.3) is 0 Å². The molecule has 1 heterocycles. The number of nitrogens with one attached hydrogen (secondary N) is 2. The van der Waals surface area contributed by atoms with Crippen LogP contribution in [0.15, 0.2) is 36.5 Å². The molecule has 0 bridgehead atoms. The molecule has 0 aliphatic heterocycles. The molecule has 1 aromatic carbocycles. The van der Waals surface area contributed by atoms with Gasteiger partial charge in [-0.3, -0.25) is 4.98 Å². The minimum absolute atomic E-state index is 0.586. The average molecular weight is 261 g/mol. The summed E-state index contributed by atoms with van der Waals surface area (Å²) < 4.78 is 4.95. The maximum Gasteiger partial charge on any atom is 0.170 e. The number of ether oxygens (including phenoxy) is 1. The molecule has 5 heteroatoms. The molecule has 0 atom stereocenters. The van der Waals surface area contributed by atoms with E-state index in [0.717, 1.165) is 16.6 Å². The van der Waals surface area contributed by atoms with E-state index in [1.54, 1.807) is 13.3 Å². The highest BCUT2D eigenvalue weighted by Crippen LogP contribution is 2.20. The van der Waals surface area contributed by atoms with Gasteiger partial charge in [0.1, 0.15) is 0 Å². The number of rotatable bonds is 4. The Morgan fingerprint density at radius 2 is 2.22 bits per heavy atom. The van der Waals surface area contributed by atoms with E-state index < -0.39 is 0 Å². The SMILES string of the molecule is COCCNC(=S)Nc1cccc2ncccc12. The Balaban J connectivity index is 2.09. The summed E-state index contributed by atoms with van der Waals surface area (Å²) in [6.07, 6.45) is 1.78. The van der Waals surface area contributed by atoms with E-state index in [9.17, 15) is 0 Å². The third kappa shape index (κ3) is 3.15. The summed E-state index contributed by atoms with van der Waals surface area (Å²) in [5, 5.41) is 7.88. The van der Waals surface area contributed by atoms with E-state index in [0.29, 0.717) is 18.3 Å².